The van der Waals surface area contributed by atoms with E-state index in [1.165, 1.54) is 29.5 Å². The fraction of sp³-hybridized carbons (Fsp3) is 0.414. The maximum absolute atomic E-state index is 12.4. The summed E-state index contributed by atoms with van der Waals surface area (Å²) in [7, 11) is 0. The highest BCUT2D eigenvalue weighted by molar-refractivity contribution is 5.78. The molecule has 2 atom stereocenters. The van der Waals surface area contributed by atoms with E-state index in [2.05, 4.69) is 69.6 Å². The van der Waals surface area contributed by atoms with E-state index in [1.54, 1.807) is 18.6 Å². The van der Waals surface area contributed by atoms with Gasteiger partial charge in [-0.25, -0.2) is 0 Å². The second-order valence-corrected chi connectivity index (χ2v) is 10.1. The average molecular weight is 471 g/mol. The van der Waals surface area contributed by atoms with Crippen molar-refractivity contribution in [2.45, 2.75) is 58.2 Å². The molecule has 0 spiro atoms. The van der Waals surface area contributed by atoms with Crippen LogP contribution in [0.15, 0.2) is 61.1 Å². The number of benzene rings is 2. The highest BCUT2D eigenvalue weighted by atomic mass is 16.5. The van der Waals surface area contributed by atoms with Crippen molar-refractivity contribution in [3.8, 4) is 5.75 Å². The van der Waals surface area contributed by atoms with Crippen LogP contribution >= 0.6 is 0 Å². The Kier molecular flexibility index (Phi) is 7.09. The van der Waals surface area contributed by atoms with E-state index in [0.717, 1.165) is 43.5 Å². The van der Waals surface area contributed by atoms with Crippen LogP contribution in [0.1, 0.15) is 66.6 Å². The SMILES string of the molecule is CC1CN(Cc2ccc([C@H](C)NC(=O)Cc3cnccn3)cc2)Cc2ccc(OCC3CC3)cc21. The third kappa shape index (κ3) is 6.25. The minimum Gasteiger partial charge on any atom is -0.493 e. The molecule has 1 N–H and O–H groups in total. The van der Waals surface area contributed by atoms with Crippen LogP contribution in [-0.2, 0) is 24.3 Å². The van der Waals surface area contributed by atoms with Gasteiger partial charge in [-0.15, -0.1) is 0 Å². The molecule has 0 saturated heterocycles. The van der Waals surface area contributed by atoms with E-state index in [1.807, 2.05) is 6.92 Å². The van der Waals surface area contributed by atoms with Crippen LogP contribution in [0.5, 0.6) is 5.75 Å². The van der Waals surface area contributed by atoms with Crippen molar-refractivity contribution in [2.24, 2.45) is 5.92 Å². The molecule has 1 fully saturated rings. The largest absolute Gasteiger partial charge is 0.493 e. The number of hydrogen-bond acceptors (Lipinski definition) is 5. The van der Waals surface area contributed by atoms with Crippen molar-refractivity contribution in [1.82, 2.24) is 20.2 Å². The monoisotopic (exact) mass is 470 g/mol. The fourth-order valence-corrected chi connectivity index (χ4v) is 4.81. The topological polar surface area (TPSA) is 67.4 Å². The minimum atomic E-state index is -0.0635. The van der Waals surface area contributed by atoms with Gasteiger partial charge in [-0.3, -0.25) is 19.7 Å². The molecule has 0 radical (unpaired) electrons. The molecule has 1 aliphatic carbocycles. The lowest BCUT2D eigenvalue weighted by molar-refractivity contribution is -0.121. The van der Waals surface area contributed by atoms with Crippen molar-refractivity contribution in [3.05, 3.63) is 89.0 Å². The van der Waals surface area contributed by atoms with Gasteiger partial charge in [0.1, 0.15) is 5.75 Å². The molecule has 5 rings (SSSR count). The van der Waals surface area contributed by atoms with Crippen LogP contribution in [0.2, 0.25) is 0 Å². The summed E-state index contributed by atoms with van der Waals surface area (Å²) >= 11 is 0. The van der Waals surface area contributed by atoms with Crippen LogP contribution in [0.25, 0.3) is 0 Å². The van der Waals surface area contributed by atoms with Gasteiger partial charge in [-0.1, -0.05) is 37.3 Å². The van der Waals surface area contributed by atoms with Gasteiger partial charge in [0.25, 0.3) is 0 Å². The van der Waals surface area contributed by atoms with Gasteiger partial charge in [-0.05, 0) is 66.0 Å². The summed E-state index contributed by atoms with van der Waals surface area (Å²) in [4.78, 5) is 23.1. The van der Waals surface area contributed by atoms with Gasteiger partial charge in [-0.2, -0.15) is 0 Å². The number of ether oxygens (including phenoxy) is 1. The molecule has 3 aromatic rings. The first kappa shape index (κ1) is 23.5. The third-order valence-electron chi connectivity index (χ3n) is 6.98. The molecule has 182 valence electrons. The molecule has 1 amide bonds. The first-order valence-corrected chi connectivity index (χ1v) is 12.6. The summed E-state index contributed by atoms with van der Waals surface area (Å²) < 4.78 is 6.01. The summed E-state index contributed by atoms with van der Waals surface area (Å²) in [5, 5.41) is 3.06. The zero-order valence-electron chi connectivity index (χ0n) is 20.6. The Bertz CT molecular complexity index is 1150. The second-order valence-electron chi connectivity index (χ2n) is 10.1. The Labute approximate surface area is 207 Å². The predicted octanol–water partition coefficient (Wildman–Crippen LogP) is 4.80. The van der Waals surface area contributed by atoms with Crippen molar-refractivity contribution in [3.63, 3.8) is 0 Å². The number of carbonyl (C=O) groups excluding carboxylic acids is 1. The second kappa shape index (κ2) is 10.6. The molecule has 1 saturated carbocycles. The van der Waals surface area contributed by atoms with E-state index in [-0.39, 0.29) is 18.4 Å². The van der Waals surface area contributed by atoms with Crippen molar-refractivity contribution in [2.75, 3.05) is 13.2 Å². The highest BCUT2D eigenvalue weighted by Crippen LogP contribution is 2.34. The molecule has 1 unspecified atom stereocenters. The van der Waals surface area contributed by atoms with Crippen LogP contribution < -0.4 is 10.1 Å². The number of nitrogens with one attached hydrogen (secondary N) is 1. The Balaban J connectivity index is 1.15. The summed E-state index contributed by atoms with van der Waals surface area (Å²) in [6.45, 7) is 8.09. The Morgan fingerprint density at radius 3 is 2.74 bits per heavy atom. The first-order valence-electron chi connectivity index (χ1n) is 12.6. The van der Waals surface area contributed by atoms with Gasteiger partial charge in [0.15, 0.2) is 0 Å². The van der Waals surface area contributed by atoms with Crippen molar-refractivity contribution < 1.29 is 9.53 Å². The maximum atomic E-state index is 12.4. The van der Waals surface area contributed by atoms with Crippen molar-refractivity contribution in [1.29, 1.82) is 0 Å². The first-order chi connectivity index (χ1) is 17.0. The Morgan fingerprint density at radius 2 is 2.00 bits per heavy atom. The lowest BCUT2D eigenvalue weighted by Crippen LogP contribution is -2.32. The van der Waals surface area contributed by atoms with E-state index in [9.17, 15) is 4.79 Å². The summed E-state index contributed by atoms with van der Waals surface area (Å²) in [5.41, 5.74) is 5.88. The fourth-order valence-electron chi connectivity index (χ4n) is 4.81. The van der Waals surface area contributed by atoms with Gasteiger partial charge in [0, 0.05) is 38.2 Å². The quantitative estimate of drug-likeness (QED) is 0.486. The normalized spacial score (nSPS) is 18.5. The number of fused-ring (bicyclic) bond motifs is 1. The minimum absolute atomic E-state index is 0.0517. The number of aromatic nitrogens is 2. The van der Waals surface area contributed by atoms with Crippen molar-refractivity contribution >= 4 is 5.91 Å². The molecule has 6 nitrogen and oxygen atoms in total. The maximum Gasteiger partial charge on any atom is 0.226 e. The molecule has 1 aliphatic heterocycles. The van der Waals surface area contributed by atoms with Gasteiger partial charge in [0.05, 0.1) is 24.8 Å². The molecule has 2 aliphatic rings. The lowest BCUT2D eigenvalue weighted by Gasteiger charge is -2.33. The summed E-state index contributed by atoms with van der Waals surface area (Å²) in [6, 6.07) is 15.2. The zero-order valence-corrected chi connectivity index (χ0v) is 20.6. The molecule has 0 bridgehead atoms. The Morgan fingerprint density at radius 1 is 1.17 bits per heavy atom. The molecule has 2 heterocycles. The number of amides is 1. The van der Waals surface area contributed by atoms with E-state index >= 15 is 0 Å². The number of carbonyl (C=O) groups is 1. The van der Waals surface area contributed by atoms with E-state index in [0.29, 0.717) is 11.6 Å². The van der Waals surface area contributed by atoms with Crippen LogP contribution in [-0.4, -0.2) is 33.9 Å². The number of nitrogens with zero attached hydrogens (tertiary/aromatic N) is 3. The standard InChI is InChI=1S/C29H34N4O2/c1-20-16-33(18-25-9-10-27(14-28(20)25)35-19-23-3-4-23)17-22-5-7-24(8-6-22)21(2)32-29(34)13-26-15-30-11-12-31-26/h5-12,14-15,20-21,23H,3-4,13,16-19H2,1-2H3,(H,32,34)/t20?,21-/m0/s1. The van der Waals surface area contributed by atoms with Gasteiger partial charge >= 0.3 is 0 Å². The van der Waals surface area contributed by atoms with Gasteiger partial charge in [0.2, 0.25) is 5.91 Å². The third-order valence-corrected chi connectivity index (χ3v) is 6.98. The van der Waals surface area contributed by atoms with Crippen LogP contribution in [0.4, 0.5) is 0 Å². The highest BCUT2D eigenvalue weighted by Gasteiger charge is 2.25. The predicted molar refractivity (Wildman–Crippen MR) is 136 cm³/mol. The van der Waals surface area contributed by atoms with E-state index < -0.39 is 0 Å². The van der Waals surface area contributed by atoms with E-state index in [4.69, 9.17) is 4.74 Å². The zero-order chi connectivity index (χ0) is 24.2. The molecule has 2 aromatic carbocycles. The molecule has 1 aromatic heterocycles. The lowest BCUT2D eigenvalue weighted by atomic mass is 9.90. The Hall–Kier alpha value is -3.25. The smallest absolute Gasteiger partial charge is 0.226 e. The number of hydrogen-bond donors (Lipinski definition) is 1. The molecule has 35 heavy (non-hydrogen) atoms. The van der Waals surface area contributed by atoms with Gasteiger partial charge < -0.3 is 10.1 Å². The summed E-state index contributed by atoms with van der Waals surface area (Å²) in [5.74, 6) is 2.22. The molecular weight excluding hydrogens is 436 g/mol. The summed E-state index contributed by atoms with van der Waals surface area (Å²) in [6.07, 6.45) is 7.70. The van der Waals surface area contributed by atoms with Crippen LogP contribution in [0, 0.1) is 5.92 Å². The van der Waals surface area contributed by atoms with Crippen LogP contribution in [0.3, 0.4) is 0 Å². The number of rotatable bonds is 9. The molecular formula is C29H34N4O2. The molecule has 6 heteroatoms. The average Bonchev–Trinajstić information content (AvgIpc) is 3.68.